The lowest BCUT2D eigenvalue weighted by molar-refractivity contribution is -0.199. The second-order valence-electron chi connectivity index (χ2n) is 9.40. The molecule has 0 amide bonds. The summed E-state index contributed by atoms with van der Waals surface area (Å²) in [5.41, 5.74) is 0.597. The van der Waals surface area contributed by atoms with Gasteiger partial charge in [0.2, 0.25) is 0 Å². The molecule has 0 bridgehead atoms. The van der Waals surface area contributed by atoms with Crippen molar-refractivity contribution in [3.05, 3.63) is 0 Å². The van der Waals surface area contributed by atoms with Gasteiger partial charge in [-0.2, -0.15) is 0 Å². The summed E-state index contributed by atoms with van der Waals surface area (Å²) in [5.74, 6) is 0.665. The van der Waals surface area contributed by atoms with Crippen LogP contribution in [-0.2, 0) is 9.47 Å². The summed E-state index contributed by atoms with van der Waals surface area (Å²) in [6.07, 6.45) is 16.1. The van der Waals surface area contributed by atoms with Gasteiger partial charge in [-0.25, -0.2) is 0 Å². The van der Waals surface area contributed by atoms with Gasteiger partial charge in [-0.15, -0.1) is 0 Å². The van der Waals surface area contributed by atoms with Crippen LogP contribution >= 0.6 is 0 Å². The van der Waals surface area contributed by atoms with Crippen molar-refractivity contribution in [1.82, 2.24) is 4.90 Å². The Morgan fingerprint density at radius 1 is 1.00 bits per heavy atom. The van der Waals surface area contributed by atoms with Crippen LogP contribution in [0.2, 0.25) is 0 Å². The van der Waals surface area contributed by atoms with Gasteiger partial charge in [-0.1, -0.05) is 39.5 Å². The predicted molar refractivity (Wildman–Crippen MR) is 104 cm³/mol. The summed E-state index contributed by atoms with van der Waals surface area (Å²) in [4.78, 5) is 2.44. The van der Waals surface area contributed by atoms with E-state index in [9.17, 15) is 0 Å². The van der Waals surface area contributed by atoms with Gasteiger partial charge in [0.25, 0.3) is 0 Å². The summed E-state index contributed by atoms with van der Waals surface area (Å²) < 4.78 is 12.7. The molecule has 1 atom stereocenters. The number of hydrogen-bond acceptors (Lipinski definition) is 3. The standard InChI is InChI=1S/C22H41NO2/c1-4-5-16-23(3)17-11-20-18-24-22(25-20)14-9-19(10-15-22)21(2)12-7-6-8-13-21/h19-20H,4-18H2,1-3H3. The van der Waals surface area contributed by atoms with Crippen molar-refractivity contribution in [2.75, 3.05) is 26.7 Å². The van der Waals surface area contributed by atoms with Gasteiger partial charge in [0, 0.05) is 19.4 Å². The van der Waals surface area contributed by atoms with Gasteiger partial charge in [-0.3, -0.25) is 0 Å². The fourth-order valence-electron chi connectivity index (χ4n) is 5.45. The first kappa shape index (κ1) is 19.6. The molecule has 2 saturated carbocycles. The molecule has 0 aromatic rings. The normalized spacial score (nSPS) is 35.5. The van der Waals surface area contributed by atoms with E-state index in [1.54, 1.807) is 0 Å². The van der Waals surface area contributed by atoms with E-state index in [-0.39, 0.29) is 5.79 Å². The number of hydrogen-bond donors (Lipinski definition) is 0. The molecular formula is C22H41NO2. The first-order valence-electron chi connectivity index (χ1n) is 11.1. The summed E-state index contributed by atoms with van der Waals surface area (Å²) in [7, 11) is 2.23. The van der Waals surface area contributed by atoms with Crippen LogP contribution in [0.3, 0.4) is 0 Å². The average Bonchev–Trinajstić information content (AvgIpc) is 3.02. The number of ether oxygens (including phenoxy) is 2. The highest BCUT2D eigenvalue weighted by atomic mass is 16.7. The smallest absolute Gasteiger partial charge is 0.168 e. The molecule has 3 aliphatic rings. The van der Waals surface area contributed by atoms with Crippen molar-refractivity contribution in [3.8, 4) is 0 Å². The maximum absolute atomic E-state index is 6.46. The topological polar surface area (TPSA) is 21.7 Å². The zero-order valence-corrected chi connectivity index (χ0v) is 17.0. The van der Waals surface area contributed by atoms with E-state index in [4.69, 9.17) is 9.47 Å². The van der Waals surface area contributed by atoms with Gasteiger partial charge >= 0.3 is 0 Å². The molecule has 1 heterocycles. The molecular weight excluding hydrogens is 310 g/mol. The second-order valence-corrected chi connectivity index (χ2v) is 9.40. The largest absolute Gasteiger partial charge is 0.347 e. The van der Waals surface area contributed by atoms with Gasteiger partial charge in [0.1, 0.15) is 0 Å². The molecule has 3 rings (SSSR count). The Hall–Kier alpha value is -0.120. The summed E-state index contributed by atoms with van der Waals surface area (Å²) in [6, 6.07) is 0. The van der Waals surface area contributed by atoms with Crippen molar-refractivity contribution in [2.24, 2.45) is 11.3 Å². The molecule has 1 spiro atoms. The SMILES string of the molecule is CCCCN(C)CCC1COC2(CCC(C3(C)CCCCC3)CC2)O1. The van der Waals surface area contributed by atoms with Crippen LogP contribution in [-0.4, -0.2) is 43.5 Å². The Kier molecular flexibility index (Phi) is 6.84. The lowest BCUT2D eigenvalue weighted by Gasteiger charge is -2.46. The van der Waals surface area contributed by atoms with E-state index in [0.717, 1.165) is 38.3 Å². The molecule has 3 heteroatoms. The highest BCUT2D eigenvalue weighted by Crippen LogP contribution is 2.51. The minimum Gasteiger partial charge on any atom is -0.347 e. The van der Waals surface area contributed by atoms with E-state index < -0.39 is 0 Å². The maximum atomic E-state index is 6.46. The molecule has 0 radical (unpaired) electrons. The van der Waals surface area contributed by atoms with Gasteiger partial charge in [0.15, 0.2) is 5.79 Å². The molecule has 3 fully saturated rings. The van der Waals surface area contributed by atoms with Crippen LogP contribution in [0.1, 0.15) is 90.9 Å². The third-order valence-corrected chi connectivity index (χ3v) is 7.37. The number of unbranched alkanes of at least 4 members (excludes halogenated alkanes) is 1. The first-order valence-corrected chi connectivity index (χ1v) is 11.1. The van der Waals surface area contributed by atoms with Crippen LogP contribution in [0.25, 0.3) is 0 Å². The van der Waals surface area contributed by atoms with Crippen molar-refractivity contribution < 1.29 is 9.47 Å². The summed E-state index contributed by atoms with van der Waals surface area (Å²) in [6.45, 7) is 7.96. The third kappa shape index (κ3) is 4.99. The Morgan fingerprint density at radius 3 is 2.40 bits per heavy atom. The number of rotatable bonds is 7. The Morgan fingerprint density at radius 2 is 1.72 bits per heavy atom. The molecule has 0 aromatic carbocycles. The minimum atomic E-state index is -0.228. The molecule has 1 unspecified atom stereocenters. The van der Waals surface area contributed by atoms with Crippen LogP contribution in [0.4, 0.5) is 0 Å². The van der Waals surface area contributed by atoms with Crippen molar-refractivity contribution >= 4 is 0 Å². The van der Waals surface area contributed by atoms with Gasteiger partial charge < -0.3 is 14.4 Å². The zero-order valence-electron chi connectivity index (χ0n) is 17.0. The maximum Gasteiger partial charge on any atom is 0.168 e. The lowest BCUT2D eigenvalue weighted by Crippen LogP contribution is -2.41. The van der Waals surface area contributed by atoms with Crippen molar-refractivity contribution in [2.45, 2.75) is 103 Å². The third-order valence-electron chi connectivity index (χ3n) is 7.37. The fourth-order valence-corrected chi connectivity index (χ4v) is 5.45. The predicted octanol–water partition coefficient (Wildman–Crippen LogP) is 5.38. The Labute approximate surface area is 155 Å². The molecule has 2 aliphatic carbocycles. The molecule has 0 N–H and O–H groups in total. The fraction of sp³-hybridized carbons (Fsp3) is 1.00. The van der Waals surface area contributed by atoms with E-state index in [1.165, 1.54) is 64.3 Å². The number of nitrogens with zero attached hydrogens (tertiary/aromatic N) is 1. The minimum absolute atomic E-state index is 0.228. The molecule has 1 saturated heterocycles. The van der Waals surface area contributed by atoms with E-state index in [0.29, 0.717) is 11.5 Å². The van der Waals surface area contributed by atoms with Crippen LogP contribution < -0.4 is 0 Å². The summed E-state index contributed by atoms with van der Waals surface area (Å²) >= 11 is 0. The Balaban J connectivity index is 1.41. The van der Waals surface area contributed by atoms with Crippen LogP contribution in [0.5, 0.6) is 0 Å². The highest BCUT2D eigenvalue weighted by Gasteiger charge is 2.47. The monoisotopic (exact) mass is 351 g/mol. The van der Waals surface area contributed by atoms with E-state index in [2.05, 4.69) is 25.8 Å². The Bertz CT molecular complexity index is 397. The van der Waals surface area contributed by atoms with Crippen molar-refractivity contribution in [3.63, 3.8) is 0 Å². The molecule has 25 heavy (non-hydrogen) atoms. The molecule has 146 valence electrons. The average molecular weight is 352 g/mol. The van der Waals surface area contributed by atoms with Crippen molar-refractivity contribution in [1.29, 1.82) is 0 Å². The van der Waals surface area contributed by atoms with E-state index in [1.807, 2.05) is 0 Å². The second kappa shape index (κ2) is 8.71. The molecule has 0 aromatic heterocycles. The van der Waals surface area contributed by atoms with Gasteiger partial charge in [-0.05, 0) is 63.5 Å². The highest BCUT2D eigenvalue weighted by molar-refractivity contribution is 4.92. The zero-order chi connectivity index (χ0) is 17.8. The summed E-state index contributed by atoms with van der Waals surface area (Å²) in [5, 5.41) is 0. The van der Waals surface area contributed by atoms with Crippen LogP contribution in [0.15, 0.2) is 0 Å². The van der Waals surface area contributed by atoms with Gasteiger partial charge in [0.05, 0.1) is 12.7 Å². The first-order chi connectivity index (χ1) is 12.1. The van der Waals surface area contributed by atoms with Crippen LogP contribution in [0, 0.1) is 11.3 Å². The molecule has 3 nitrogen and oxygen atoms in total. The van der Waals surface area contributed by atoms with E-state index >= 15 is 0 Å². The lowest BCUT2D eigenvalue weighted by atomic mass is 9.62. The molecule has 1 aliphatic heterocycles. The quantitative estimate of drug-likeness (QED) is 0.614.